The number of benzene rings is 1. The average molecular weight is 526 g/mol. The number of alkyl halides is 3. The van der Waals surface area contributed by atoms with Crippen molar-refractivity contribution in [2.75, 3.05) is 24.5 Å². The van der Waals surface area contributed by atoms with Crippen molar-refractivity contribution in [3.8, 4) is 11.5 Å². The number of carbonyl (C=O) groups excluding carboxylic acids is 1. The second kappa shape index (κ2) is 9.10. The van der Waals surface area contributed by atoms with Gasteiger partial charge in [-0.1, -0.05) is 6.92 Å². The van der Waals surface area contributed by atoms with Gasteiger partial charge in [0.25, 0.3) is 0 Å². The van der Waals surface area contributed by atoms with Gasteiger partial charge in [0.15, 0.2) is 5.82 Å². The second-order valence-corrected chi connectivity index (χ2v) is 10.0. The smallest absolute Gasteiger partial charge is 0.444 e. The van der Waals surface area contributed by atoms with Gasteiger partial charge in [-0.2, -0.15) is 13.2 Å². The summed E-state index contributed by atoms with van der Waals surface area (Å²) in [7, 11) is 0. The fourth-order valence-corrected chi connectivity index (χ4v) is 5.55. The van der Waals surface area contributed by atoms with Crippen LogP contribution in [0.5, 0.6) is 0 Å². The molecular formula is C26H26F3N7O2. The number of fused-ring (bicyclic) bond motifs is 2. The van der Waals surface area contributed by atoms with Crippen molar-refractivity contribution in [1.29, 1.82) is 0 Å². The number of amides is 1. The van der Waals surface area contributed by atoms with Crippen LogP contribution in [0.1, 0.15) is 30.7 Å². The fourth-order valence-electron chi connectivity index (χ4n) is 5.55. The summed E-state index contributed by atoms with van der Waals surface area (Å²) in [5.74, 6) is -0.478. The number of piperidine rings is 1. The largest absolute Gasteiger partial charge is 0.451 e. The highest BCUT2D eigenvalue weighted by molar-refractivity contribution is 5.94. The number of anilines is 1. The predicted molar refractivity (Wildman–Crippen MR) is 132 cm³/mol. The first kappa shape index (κ1) is 24.4. The number of hydrogen-bond acceptors (Lipinski definition) is 7. The quantitative estimate of drug-likeness (QED) is 0.394. The summed E-state index contributed by atoms with van der Waals surface area (Å²) in [5, 5.41) is 8.02. The number of pyridine rings is 1. The van der Waals surface area contributed by atoms with E-state index in [1.807, 2.05) is 31.2 Å². The molecule has 0 saturated carbocycles. The van der Waals surface area contributed by atoms with Crippen LogP contribution in [0.2, 0.25) is 0 Å². The zero-order valence-electron chi connectivity index (χ0n) is 20.9. The summed E-state index contributed by atoms with van der Waals surface area (Å²) in [4.78, 5) is 26.2. The lowest BCUT2D eigenvalue weighted by atomic mass is 9.85. The van der Waals surface area contributed by atoms with E-state index in [-0.39, 0.29) is 43.2 Å². The highest BCUT2D eigenvalue weighted by Crippen LogP contribution is 2.35. The van der Waals surface area contributed by atoms with Crippen LogP contribution in [0.3, 0.4) is 0 Å². The topological polar surface area (TPSA) is 93.2 Å². The SMILES string of the molecule is Cc1coc(-c2ccc3c(N4CCC(C(=O)N5CCn6c(nnc6C(F)(F)F)C5)C(C)C4)ccnc3c2)n1. The lowest BCUT2D eigenvalue weighted by Gasteiger charge is -2.40. The van der Waals surface area contributed by atoms with Crippen LogP contribution in [0, 0.1) is 18.8 Å². The van der Waals surface area contributed by atoms with Gasteiger partial charge in [0.1, 0.15) is 6.26 Å². The van der Waals surface area contributed by atoms with E-state index in [0.29, 0.717) is 25.4 Å². The molecule has 12 heteroatoms. The Morgan fingerprint density at radius 2 is 1.97 bits per heavy atom. The van der Waals surface area contributed by atoms with Crippen molar-refractivity contribution in [3.05, 3.63) is 54.1 Å². The molecular weight excluding hydrogens is 499 g/mol. The van der Waals surface area contributed by atoms with Gasteiger partial charge in [-0.3, -0.25) is 9.78 Å². The van der Waals surface area contributed by atoms with Gasteiger partial charge in [-0.25, -0.2) is 4.98 Å². The lowest BCUT2D eigenvalue weighted by Crippen LogP contribution is -2.49. The van der Waals surface area contributed by atoms with Gasteiger partial charge in [0.05, 0.1) is 17.8 Å². The lowest BCUT2D eigenvalue weighted by molar-refractivity contribution is -0.148. The molecule has 5 heterocycles. The molecule has 0 bridgehead atoms. The third kappa shape index (κ3) is 4.27. The first-order chi connectivity index (χ1) is 18.2. The number of aromatic nitrogens is 5. The molecule has 2 unspecified atom stereocenters. The first-order valence-electron chi connectivity index (χ1n) is 12.5. The molecule has 0 N–H and O–H groups in total. The van der Waals surface area contributed by atoms with Crippen LogP contribution >= 0.6 is 0 Å². The van der Waals surface area contributed by atoms with Crippen LogP contribution in [0.4, 0.5) is 18.9 Å². The maximum absolute atomic E-state index is 13.4. The van der Waals surface area contributed by atoms with Crippen LogP contribution in [0.25, 0.3) is 22.4 Å². The van der Waals surface area contributed by atoms with Gasteiger partial charge in [0, 0.05) is 54.9 Å². The molecule has 0 aliphatic carbocycles. The minimum Gasteiger partial charge on any atom is -0.444 e. The van der Waals surface area contributed by atoms with E-state index in [2.05, 4.69) is 32.0 Å². The Bertz CT molecular complexity index is 1510. The minimum absolute atomic E-state index is 0.0359. The summed E-state index contributed by atoms with van der Waals surface area (Å²) >= 11 is 0. The van der Waals surface area contributed by atoms with Crippen molar-refractivity contribution in [3.63, 3.8) is 0 Å². The zero-order chi connectivity index (χ0) is 26.6. The van der Waals surface area contributed by atoms with E-state index in [9.17, 15) is 18.0 Å². The molecule has 3 aromatic heterocycles. The van der Waals surface area contributed by atoms with Gasteiger partial charge in [-0.15, -0.1) is 10.2 Å². The van der Waals surface area contributed by atoms with E-state index in [1.54, 1.807) is 17.4 Å². The molecule has 1 saturated heterocycles. The Kier molecular flexibility index (Phi) is 5.84. The van der Waals surface area contributed by atoms with Crippen molar-refractivity contribution < 1.29 is 22.4 Å². The zero-order valence-corrected chi connectivity index (χ0v) is 20.9. The maximum atomic E-state index is 13.4. The van der Waals surface area contributed by atoms with Crippen LogP contribution in [-0.4, -0.2) is 55.2 Å². The van der Waals surface area contributed by atoms with Crippen LogP contribution in [-0.2, 0) is 24.1 Å². The molecule has 1 fully saturated rings. The molecule has 1 aromatic carbocycles. The van der Waals surface area contributed by atoms with Gasteiger partial charge < -0.3 is 18.8 Å². The predicted octanol–water partition coefficient (Wildman–Crippen LogP) is 4.31. The summed E-state index contributed by atoms with van der Waals surface area (Å²) in [6, 6.07) is 7.94. The Labute approximate surface area is 216 Å². The van der Waals surface area contributed by atoms with Crippen LogP contribution < -0.4 is 4.90 Å². The Morgan fingerprint density at radius 1 is 1.13 bits per heavy atom. The number of oxazole rings is 1. The molecule has 6 rings (SSSR count). The summed E-state index contributed by atoms with van der Waals surface area (Å²) in [6.07, 6.45) is -0.519. The van der Waals surface area contributed by atoms with E-state index in [4.69, 9.17) is 4.42 Å². The first-order valence-corrected chi connectivity index (χ1v) is 12.5. The Hall–Kier alpha value is -3.96. The number of rotatable bonds is 3. The number of carbonyl (C=O) groups is 1. The number of nitrogens with zero attached hydrogens (tertiary/aromatic N) is 7. The molecule has 1 amide bonds. The van der Waals surface area contributed by atoms with Crippen molar-refractivity contribution in [2.45, 2.75) is 39.5 Å². The van der Waals surface area contributed by atoms with Gasteiger partial charge in [-0.05, 0) is 43.5 Å². The molecule has 2 atom stereocenters. The summed E-state index contributed by atoms with van der Waals surface area (Å²) < 4.78 is 46.1. The van der Waals surface area contributed by atoms with Gasteiger partial charge in [0.2, 0.25) is 17.6 Å². The van der Waals surface area contributed by atoms with Crippen molar-refractivity contribution in [1.82, 2.24) is 29.6 Å². The molecule has 0 spiro atoms. The number of hydrogen-bond donors (Lipinski definition) is 0. The van der Waals surface area contributed by atoms with E-state index in [1.165, 1.54) is 0 Å². The highest BCUT2D eigenvalue weighted by Gasteiger charge is 2.41. The van der Waals surface area contributed by atoms with Gasteiger partial charge >= 0.3 is 6.18 Å². The van der Waals surface area contributed by atoms with Crippen LogP contribution in [0.15, 0.2) is 41.1 Å². The third-order valence-electron chi connectivity index (χ3n) is 7.47. The fraction of sp³-hybridized carbons (Fsp3) is 0.423. The molecule has 198 valence electrons. The molecule has 38 heavy (non-hydrogen) atoms. The van der Waals surface area contributed by atoms with E-state index >= 15 is 0 Å². The Morgan fingerprint density at radius 3 is 2.71 bits per heavy atom. The second-order valence-electron chi connectivity index (χ2n) is 10.0. The highest BCUT2D eigenvalue weighted by atomic mass is 19.4. The summed E-state index contributed by atoms with van der Waals surface area (Å²) in [6.45, 7) is 5.57. The molecule has 4 aromatic rings. The van der Waals surface area contributed by atoms with E-state index < -0.39 is 12.0 Å². The maximum Gasteiger partial charge on any atom is 0.451 e. The molecule has 9 nitrogen and oxygen atoms in total. The monoisotopic (exact) mass is 525 g/mol. The molecule has 2 aliphatic heterocycles. The average Bonchev–Trinajstić information content (AvgIpc) is 3.53. The molecule has 0 radical (unpaired) electrons. The van der Waals surface area contributed by atoms with Crippen molar-refractivity contribution in [2.24, 2.45) is 11.8 Å². The number of aryl methyl sites for hydroxylation is 1. The third-order valence-corrected chi connectivity index (χ3v) is 7.47. The molecule has 2 aliphatic rings. The van der Waals surface area contributed by atoms with E-state index in [0.717, 1.165) is 32.4 Å². The number of halogens is 3. The Balaban J connectivity index is 1.16. The van der Waals surface area contributed by atoms with Crippen molar-refractivity contribution >= 4 is 22.5 Å². The minimum atomic E-state index is -4.56. The normalized spacial score (nSPS) is 20.1. The summed E-state index contributed by atoms with van der Waals surface area (Å²) in [5.41, 5.74) is 3.55. The standard InChI is InChI=1S/C26H26F3N7O2/c1-15-12-34(21-5-7-30-20-11-17(3-4-19(20)21)23-31-16(2)14-38-23)8-6-18(15)24(37)35-9-10-36-22(13-35)32-33-25(36)26(27,28)29/h3-5,7,11,14-15,18H,6,8-10,12-13H2,1-2H3.